The molecule has 4 rings (SSSR count). The van der Waals surface area contributed by atoms with Gasteiger partial charge in [-0.25, -0.2) is 9.38 Å². The number of benzene rings is 2. The van der Waals surface area contributed by atoms with Crippen LogP contribution in [0.1, 0.15) is 36.0 Å². The molecule has 0 radical (unpaired) electrons. The van der Waals surface area contributed by atoms with Gasteiger partial charge in [-0.1, -0.05) is 29.8 Å². The number of anilines is 2. The maximum absolute atomic E-state index is 14.7. The van der Waals surface area contributed by atoms with Crippen LogP contribution in [0.2, 0.25) is 0 Å². The molecule has 0 aromatic heterocycles. The minimum absolute atomic E-state index is 0.291. The molecule has 2 aromatic rings. The van der Waals surface area contributed by atoms with Crippen LogP contribution in [-0.4, -0.2) is 31.3 Å². The van der Waals surface area contributed by atoms with Gasteiger partial charge in [0.15, 0.2) is 0 Å². The normalized spacial score (nSPS) is 16.8. The minimum Gasteiger partial charge on any atom is -0.367 e. The fourth-order valence-electron chi connectivity index (χ4n) is 4.28. The van der Waals surface area contributed by atoms with E-state index in [2.05, 4.69) is 28.5 Å². The molecule has 0 unspecified atom stereocenters. The number of carbonyl (C=O) groups is 1. The van der Waals surface area contributed by atoms with Gasteiger partial charge >= 0.3 is 0 Å². The lowest BCUT2D eigenvalue weighted by atomic mass is 9.96. The van der Waals surface area contributed by atoms with E-state index in [1.165, 1.54) is 6.07 Å². The lowest BCUT2D eigenvalue weighted by Crippen LogP contribution is -2.37. The van der Waals surface area contributed by atoms with Crippen molar-refractivity contribution in [3.05, 3.63) is 65.0 Å². The Labute approximate surface area is 182 Å². The third-order valence-corrected chi connectivity index (χ3v) is 6.17. The van der Waals surface area contributed by atoms with Crippen molar-refractivity contribution in [1.29, 1.82) is 0 Å². The molecule has 31 heavy (non-hydrogen) atoms. The molecule has 162 valence electrons. The monoisotopic (exact) mass is 420 g/mol. The molecule has 1 saturated heterocycles. The molecule has 0 bridgehead atoms. The summed E-state index contributed by atoms with van der Waals surface area (Å²) in [6, 6.07) is 11.0. The topological polar surface area (TPSA) is 70.7 Å². The first-order valence-electron chi connectivity index (χ1n) is 10.9. The predicted octanol–water partition coefficient (Wildman–Crippen LogP) is 4.44. The van der Waals surface area contributed by atoms with Gasteiger partial charge in [0.2, 0.25) is 0 Å². The van der Waals surface area contributed by atoms with Crippen LogP contribution in [0.4, 0.5) is 15.8 Å². The average molecular weight is 421 g/mol. The van der Waals surface area contributed by atoms with Crippen molar-refractivity contribution in [3.63, 3.8) is 0 Å². The Morgan fingerprint density at radius 3 is 2.74 bits per heavy atom. The van der Waals surface area contributed by atoms with Crippen LogP contribution in [0.3, 0.4) is 0 Å². The number of para-hydroxylation sites is 1. The van der Waals surface area contributed by atoms with Gasteiger partial charge < -0.3 is 16.0 Å². The second-order valence-electron chi connectivity index (χ2n) is 8.43. The highest BCUT2D eigenvalue weighted by molar-refractivity contribution is 6.45. The second kappa shape index (κ2) is 9.02. The Balaban J connectivity index is 1.52. The molecule has 3 N–H and O–H groups in total. The SMILES string of the molecule is Cc1ccc(C)c(C2=CCC(C(=O)Nc3cccc(F)c3N3CCC(CN)CC3)=N2)c1. The second-order valence-corrected chi connectivity index (χ2v) is 8.43. The van der Waals surface area contributed by atoms with Gasteiger partial charge in [-0.05, 0) is 62.9 Å². The third-order valence-electron chi connectivity index (χ3n) is 6.17. The van der Waals surface area contributed by atoms with E-state index in [9.17, 15) is 9.18 Å². The number of aliphatic imine (C=N–C) groups is 1. The summed E-state index contributed by atoms with van der Waals surface area (Å²) >= 11 is 0. The van der Waals surface area contributed by atoms with E-state index in [-0.39, 0.29) is 11.7 Å². The highest BCUT2D eigenvalue weighted by Crippen LogP contribution is 2.33. The molecule has 1 fully saturated rings. The summed E-state index contributed by atoms with van der Waals surface area (Å²) in [4.78, 5) is 19.5. The highest BCUT2D eigenvalue weighted by atomic mass is 19.1. The first kappa shape index (κ1) is 21.2. The molecule has 0 spiro atoms. The van der Waals surface area contributed by atoms with Crippen LogP contribution in [-0.2, 0) is 4.79 Å². The van der Waals surface area contributed by atoms with Crippen molar-refractivity contribution < 1.29 is 9.18 Å². The van der Waals surface area contributed by atoms with E-state index >= 15 is 0 Å². The van der Waals surface area contributed by atoms with E-state index < -0.39 is 0 Å². The molecule has 0 saturated carbocycles. The van der Waals surface area contributed by atoms with Crippen molar-refractivity contribution in [3.8, 4) is 0 Å². The number of allylic oxidation sites excluding steroid dienone is 1. The molecule has 2 aromatic carbocycles. The molecule has 0 aliphatic carbocycles. The molecule has 5 nitrogen and oxygen atoms in total. The zero-order chi connectivity index (χ0) is 22.0. The smallest absolute Gasteiger partial charge is 0.270 e. The number of carbonyl (C=O) groups excluding carboxylic acids is 1. The van der Waals surface area contributed by atoms with Crippen molar-refractivity contribution in [1.82, 2.24) is 0 Å². The van der Waals surface area contributed by atoms with Crippen molar-refractivity contribution in [2.75, 3.05) is 29.9 Å². The maximum Gasteiger partial charge on any atom is 0.270 e. The number of nitrogens with two attached hydrogens (primary N) is 1. The van der Waals surface area contributed by atoms with Crippen molar-refractivity contribution in [2.45, 2.75) is 33.1 Å². The van der Waals surface area contributed by atoms with Crippen LogP contribution in [0.25, 0.3) is 5.70 Å². The number of hydrogen-bond donors (Lipinski definition) is 2. The molecular formula is C25H29FN4O. The van der Waals surface area contributed by atoms with Gasteiger partial charge in [-0.3, -0.25) is 4.79 Å². The van der Waals surface area contributed by atoms with Gasteiger partial charge in [-0.15, -0.1) is 0 Å². The molecule has 2 heterocycles. The number of amides is 1. The Morgan fingerprint density at radius 1 is 1.23 bits per heavy atom. The van der Waals surface area contributed by atoms with E-state index in [1.54, 1.807) is 12.1 Å². The van der Waals surface area contributed by atoms with E-state index in [4.69, 9.17) is 5.73 Å². The van der Waals surface area contributed by atoms with Crippen LogP contribution in [0.15, 0.2) is 47.5 Å². The first-order valence-corrected chi connectivity index (χ1v) is 10.9. The van der Waals surface area contributed by atoms with Gasteiger partial charge in [-0.2, -0.15) is 0 Å². The van der Waals surface area contributed by atoms with Gasteiger partial charge in [0.05, 0.1) is 17.1 Å². The lowest BCUT2D eigenvalue weighted by Gasteiger charge is -2.34. The minimum atomic E-state index is -0.327. The molecule has 0 atom stereocenters. The molecule has 1 amide bonds. The quantitative estimate of drug-likeness (QED) is 0.751. The predicted molar refractivity (Wildman–Crippen MR) is 125 cm³/mol. The Morgan fingerprint density at radius 2 is 2.00 bits per heavy atom. The number of nitrogens with one attached hydrogen (secondary N) is 1. The molecular weight excluding hydrogens is 391 g/mol. The zero-order valence-electron chi connectivity index (χ0n) is 18.1. The molecule has 2 aliphatic rings. The van der Waals surface area contributed by atoms with E-state index in [0.717, 1.165) is 48.3 Å². The number of hydrogen-bond acceptors (Lipinski definition) is 4. The number of piperidine rings is 1. The number of nitrogens with zero attached hydrogens (tertiary/aromatic N) is 2. The summed E-state index contributed by atoms with van der Waals surface area (Å²) in [5, 5.41) is 2.90. The third kappa shape index (κ3) is 4.54. The number of aryl methyl sites for hydroxylation is 2. The number of halogens is 1. The highest BCUT2D eigenvalue weighted by Gasteiger charge is 2.25. The summed E-state index contributed by atoms with van der Waals surface area (Å²) in [6.07, 6.45) is 4.28. The van der Waals surface area contributed by atoms with Crippen LogP contribution in [0, 0.1) is 25.6 Å². The first-order chi connectivity index (χ1) is 15.0. The number of rotatable bonds is 5. The zero-order valence-corrected chi connectivity index (χ0v) is 18.1. The summed E-state index contributed by atoms with van der Waals surface area (Å²) in [7, 11) is 0. The Bertz CT molecular complexity index is 1050. The average Bonchev–Trinajstić information content (AvgIpc) is 3.26. The summed E-state index contributed by atoms with van der Waals surface area (Å²) in [6.45, 7) is 6.19. The summed E-state index contributed by atoms with van der Waals surface area (Å²) < 4.78 is 14.7. The summed E-state index contributed by atoms with van der Waals surface area (Å²) in [5.41, 5.74) is 11.3. The van der Waals surface area contributed by atoms with Crippen molar-refractivity contribution >= 4 is 28.7 Å². The maximum atomic E-state index is 14.7. The lowest BCUT2D eigenvalue weighted by molar-refractivity contribution is -0.110. The van der Waals surface area contributed by atoms with Gasteiger partial charge in [0.1, 0.15) is 11.5 Å². The fraction of sp³-hybridized carbons (Fsp3) is 0.360. The van der Waals surface area contributed by atoms with Crippen molar-refractivity contribution in [2.24, 2.45) is 16.6 Å². The largest absolute Gasteiger partial charge is 0.367 e. The Kier molecular flexibility index (Phi) is 6.18. The van der Waals surface area contributed by atoms with Gasteiger partial charge in [0, 0.05) is 25.1 Å². The van der Waals surface area contributed by atoms with E-state index in [1.807, 2.05) is 24.8 Å². The summed E-state index contributed by atoms with van der Waals surface area (Å²) in [5.74, 6) is -0.143. The fourth-order valence-corrected chi connectivity index (χ4v) is 4.28. The van der Waals surface area contributed by atoms with Crippen LogP contribution in [0.5, 0.6) is 0 Å². The molecule has 2 aliphatic heterocycles. The van der Waals surface area contributed by atoms with Crippen LogP contribution < -0.4 is 16.0 Å². The molecule has 6 heteroatoms. The van der Waals surface area contributed by atoms with E-state index in [0.29, 0.717) is 36.0 Å². The standard InChI is InChI=1S/C25H29FN4O/c1-16-6-7-17(2)19(14-16)21-8-9-23(28-21)25(31)29-22-5-3-4-20(26)24(22)30-12-10-18(15-27)11-13-30/h3-8,14,18H,9-13,15,27H2,1-2H3,(H,29,31). The Hall–Kier alpha value is -2.99. The van der Waals surface area contributed by atoms with Crippen LogP contribution >= 0.6 is 0 Å². The van der Waals surface area contributed by atoms with Gasteiger partial charge in [0.25, 0.3) is 5.91 Å².